The Morgan fingerprint density at radius 2 is 1.95 bits per heavy atom. The predicted molar refractivity (Wildman–Crippen MR) is 83.2 cm³/mol. The maximum atomic E-state index is 13.8. The average Bonchev–Trinajstić information content (AvgIpc) is 2.38. The third-order valence-electron chi connectivity index (χ3n) is 2.58. The molecule has 0 radical (unpaired) electrons. The monoisotopic (exact) mass is 434 g/mol. The highest BCUT2D eigenvalue weighted by atomic mass is 127. The molecule has 0 aliphatic rings. The van der Waals surface area contributed by atoms with Crippen LogP contribution in [-0.2, 0) is 0 Å². The molecule has 0 saturated carbocycles. The van der Waals surface area contributed by atoms with E-state index in [-0.39, 0.29) is 11.3 Å². The summed E-state index contributed by atoms with van der Waals surface area (Å²) in [7, 11) is 1.48. The van der Waals surface area contributed by atoms with Gasteiger partial charge in [0.15, 0.2) is 5.78 Å². The minimum Gasteiger partial charge on any atom is -0.496 e. The summed E-state index contributed by atoms with van der Waals surface area (Å²) in [6, 6.07) is 9.58. The Morgan fingerprint density at radius 1 is 1.21 bits per heavy atom. The van der Waals surface area contributed by atoms with Gasteiger partial charge >= 0.3 is 0 Å². The van der Waals surface area contributed by atoms with Gasteiger partial charge in [0.05, 0.1) is 18.2 Å². The molecule has 0 amide bonds. The quantitative estimate of drug-likeness (QED) is 0.527. The number of rotatable bonds is 3. The van der Waals surface area contributed by atoms with Crippen LogP contribution in [-0.4, -0.2) is 12.9 Å². The topological polar surface area (TPSA) is 26.3 Å². The Bertz CT molecular complexity index is 643. The molecule has 98 valence electrons. The number of hydrogen-bond donors (Lipinski definition) is 0. The molecule has 19 heavy (non-hydrogen) atoms. The van der Waals surface area contributed by atoms with Crippen molar-refractivity contribution in [1.82, 2.24) is 0 Å². The number of carbonyl (C=O) groups is 1. The zero-order valence-electron chi connectivity index (χ0n) is 9.91. The van der Waals surface area contributed by atoms with E-state index in [2.05, 4.69) is 38.5 Å². The SMILES string of the molecule is COc1ccc(I)cc1C(=O)c1ccc(Br)cc1F. The van der Waals surface area contributed by atoms with Crippen molar-refractivity contribution in [3.05, 3.63) is 61.4 Å². The Labute approximate surface area is 132 Å². The van der Waals surface area contributed by atoms with Gasteiger partial charge in [-0.2, -0.15) is 0 Å². The van der Waals surface area contributed by atoms with E-state index in [9.17, 15) is 9.18 Å². The van der Waals surface area contributed by atoms with Crippen LogP contribution in [0.2, 0.25) is 0 Å². The van der Waals surface area contributed by atoms with Crippen molar-refractivity contribution in [2.75, 3.05) is 7.11 Å². The molecular weight excluding hydrogens is 426 g/mol. The van der Waals surface area contributed by atoms with E-state index in [1.54, 1.807) is 18.2 Å². The van der Waals surface area contributed by atoms with Gasteiger partial charge in [-0.3, -0.25) is 4.79 Å². The summed E-state index contributed by atoms with van der Waals surface area (Å²) in [5, 5.41) is 0. The summed E-state index contributed by atoms with van der Waals surface area (Å²) < 4.78 is 20.5. The van der Waals surface area contributed by atoms with Crippen molar-refractivity contribution in [2.45, 2.75) is 0 Å². The van der Waals surface area contributed by atoms with Gasteiger partial charge in [0.2, 0.25) is 0 Å². The predicted octanol–water partition coefficient (Wildman–Crippen LogP) is 4.43. The second-order valence-corrected chi connectivity index (χ2v) is 5.96. The zero-order valence-corrected chi connectivity index (χ0v) is 13.7. The van der Waals surface area contributed by atoms with Gasteiger partial charge in [-0.05, 0) is 59.0 Å². The van der Waals surface area contributed by atoms with Crippen molar-refractivity contribution in [3.63, 3.8) is 0 Å². The summed E-state index contributed by atoms with van der Waals surface area (Å²) in [5.41, 5.74) is 0.388. The molecule has 2 rings (SSSR count). The first-order valence-electron chi connectivity index (χ1n) is 5.36. The van der Waals surface area contributed by atoms with Crippen molar-refractivity contribution in [1.29, 1.82) is 0 Å². The molecule has 2 aromatic rings. The van der Waals surface area contributed by atoms with Gasteiger partial charge in [-0.15, -0.1) is 0 Å². The molecule has 0 aliphatic carbocycles. The van der Waals surface area contributed by atoms with Crippen molar-refractivity contribution in [2.24, 2.45) is 0 Å². The third-order valence-corrected chi connectivity index (χ3v) is 3.75. The van der Waals surface area contributed by atoms with Crippen LogP contribution in [0.4, 0.5) is 4.39 Å². The largest absolute Gasteiger partial charge is 0.496 e. The van der Waals surface area contributed by atoms with Gasteiger partial charge in [-0.25, -0.2) is 4.39 Å². The number of methoxy groups -OCH3 is 1. The third kappa shape index (κ3) is 3.14. The molecule has 0 fully saturated rings. The average molecular weight is 435 g/mol. The van der Waals surface area contributed by atoms with E-state index in [1.807, 2.05) is 6.07 Å². The molecule has 0 aromatic heterocycles. The van der Waals surface area contributed by atoms with Crippen molar-refractivity contribution < 1.29 is 13.9 Å². The first-order valence-corrected chi connectivity index (χ1v) is 7.23. The highest BCUT2D eigenvalue weighted by Gasteiger charge is 2.18. The number of benzene rings is 2. The molecule has 0 bridgehead atoms. The van der Waals surface area contributed by atoms with Crippen LogP contribution in [0.3, 0.4) is 0 Å². The maximum Gasteiger partial charge on any atom is 0.199 e. The highest BCUT2D eigenvalue weighted by Crippen LogP contribution is 2.25. The molecule has 0 heterocycles. The van der Waals surface area contributed by atoms with E-state index >= 15 is 0 Å². The molecular formula is C14H9BrFIO2. The number of carbonyl (C=O) groups excluding carboxylic acids is 1. The van der Waals surface area contributed by atoms with Crippen molar-refractivity contribution in [3.8, 4) is 5.75 Å². The second-order valence-electron chi connectivity index (χ2n) is 3.80. The smallest absolute Gasteiger partial charge is 0.199 e. The Balaban J connectivity index is 2.52. The minimum atomic E-state index is -0.555. The summed E-state index contributed by atoms with van der Waals surface area (Å²) in [6.07, 6.45) is 0. The van der Waals surface area contributed by atoms with E-state index in [1.165, 1.54) is 19.2 Å². The number of halogens is 3. The second kappa shape index (κ2) is 6.00. The van der Waals surface area contributed by atoms with Gasteiger partial charge in [-0.1, -0.05) is 15.9 Å². The fourth-order valence-electron chi connectivity index (χ4n) is 1.68. The molecule has 5 heteroatoms. The fourth-order valence-corrected chi connectivity index (χ4v) is 2.50. The Morgan fingerprint density at radius 3 is 2.58 bits per heavy atom. The van der Waals surface area contributed by atoms with Crippen LogP contribution in [0.15, 0.2) is 40.9 Å². The minimum absolute atomic E-state index is 0.0310. The van der Waals surface area contributed by atoms with E-state index in [0.717, 1.165) is 3.57 Å². The van der Waals surface area contributed by atoms with E-state index in [4.69, 9.17) is 4.74 Å². The first-order chi connectivity index (χ1) is 9.02. The fraction of sp³-hybridized carbons (Fsp3) is 0.0714. The highest BCUT2D eigenvalue weighted by molar-refractivity contribution is 14.1. The lowest BCUT2D eigenvalue weighted by Gasteiger charge is -2.09. The molecule has 2 aromatic carbocycles. The molecule has 0 atom stereocenters. The lowest BCUT2D eigenvalue weighted by atomic mass is 10.0. The van der Waals surface area contributed by atoms with Crippen LogP contribution in [0.5, 0.6) is 5.75 Å². The van der Waals surface area contributed by atoms with Gasteiger partial charge in [0.1, 0.15) is 11.6 Å². The Hall–Kier alpha value is -0.950. The van der Waals surface area contributed by atoms with Crippen LogP contribution < -0.4 is 4.74 Å². The number of ketones is 1. The van der Waals surface area contributed by atoms with Crippen LogP contribution in [0.25, 0.3) is 0 Å². The lowest BCUT2D eigenvalue weighted by Crippen LogP contribution is -2.06. The molecule has 0 unspecified atom stereocenters. The summed E-state index contributed by atoms with van der Waals surface area (Å²) in [6.45, 7) is 0. The summed E-state index contributed by atoms with van der Waals surface area (Å²) in [5.74, 6) is -0.506. The normalized spacial score (nSPS) is 10.3. The van der Waals surface area contributed by atoms with Crippen LogP contribution >= 0.6 is 38.5 Å². The molecule has 2 nitrogen and oxygen atoms in total. The summed E-state index contributed by atoms with van der Waals surface area (Å²) in [4.78, 5) is 12.4. The molecule has 0 spiro atoms. The van der Waals surface area contributed by atoms with E-state index in [0.29, 0.717) is 15.8 Å². The molecule has 0 aliphatic heterocycles. The Kier molecular flexibility index (Phi) is 4.57. The lowest BCUT2D eigenvalue weighted by molar-refractivity contribution is 0.103. The van der Waals surface area contributed by atoms with Crippen molar-refractivity contribution >= 4 is 44.3 Å². The molecule has 0 saturated heterocycles. The van der Waals surface area contributed by atoms with Gasteiger partial charge in [0.25, 0.3) is 0 Å². The zero-order chi connectivity index (χ0) is 14.0. The molecule has 0 N–H and O–H groups in total. The van der Waals surface area contributed by atoms with Gasteiger partial charge in [0, 0.05) is 8.04 Å². The maximum absolute atomic E-state index is 13.8. The van der Waals surface area contributed by atoms with Crippen LogP contribution in [0.1, 0.15) is 15.9 Å². The standard InChI is InChI=1S/C14H9BrFIO2/c1-19-13-5-3-9(17)7-11(13)14(18)10-4-2-8(15)6-12(10)16/h2-7H,1H3. The number of ether oxygens (including phenoxy) is 1. The number of hydrogen-bond acceptors (Lipinski definition) is 2. The van der Waals surface area contributed by atoms with Gasteiger partial charge < -0.3 is 4.74 Å². The van der Waals surface area contributed by atoms with E-state index < -0.39 is 5.82 Å². The first kappa shape index (κ1) is 14.5. The van der Waals surface area contributed by atoms with Crippen LogP contribution in [0, 0.1) is 9.39 Å². The summed E-state index contributed by atoms with van der Waals surface area (Å²) >= 11 is 5.26.